The van der Waals surface area contributed by atoms with Gasteiger partial charge in [0.05, 0.1) is 0 Å². The molecule has 0 amide bonds. The first-order chi connectivity index (χ1) is 26.1. The number of fused-ring (bicyclic) bond motifs is 8. The molecule has 0 radical (unpaired) electrons. The molecule has 5 heteroatoms. The fourth-order valence-corrected chi connectivity index (χ4v) is 12.9. The van der Waals surface area contributed by atoms with Gasteiger partial charge in [-0.1, -0.05) is 160 Å². The van der Waals surface area contributed by atoms with Gasteiger partial charge in [-0.2, -0.15) is 11.6 Å². The normalized spacial score (nSPS) is 36.9. The summed E-state index contributed by atoms with van der Waals surface area (Å²) >= 11 is 13.1. The first kappa shape index (κ1) is 48.9. The van der Waals surface area contributed by atoms with Crippen molar-refractivity contribution in [2.24, 2.45) is 55.2 Å². The second-order valence-electron chi connectivity index (χ2n) is 19.3. The Balaban J connectivity index is 0.000000217. The van der Waals surface area contributed by atoms with Crippen LogP contribution in [0.2, 0.25) is 10.0 Å². The molecule has 2 aromatic rings. The Hall–Kier alpha value is -1.73. The van der Waals surface area contributed by atoms with E-state index in [1.54, 1.807) is 0 Å². The van der Waals surface area contributed by atoms with Crippen LogP contribution in [0.15, 0.2) is 139 Å². The van der Waals surface area contributed by atoms with Crippen molar-refractivity contribution in [1.82, 2.24) is 0 Å². The van der Waals surface area contributed by atoms with Crippen LogP contribution in [0.3, 0.4) is 0 Å². The van der Waals surface area contributed by atoms with Gasteiger partial charge in [0.2, 0.25) is 0 Å². The van der Waals surface area contributed by atoms with Gasteiger partial charge in [0.15, 0.2) is 0 Å². The molecule has 9 unspecified atom stereocenters. The van der Waals surface area contributed by atoms with E-state index in [2.05, 4.69) is 175 Å². The van der Waals surface area contributed by atoms with Crippen LogP contribution < -0.4 is 24.8 Å². The van der Waals surface area contributed by atoms with Gasteiger partial charge in [-0.15, -0.1) is 17.4 Å². The predicted octanol–water partition coefficient (Wildman–Crippen LogP) is 9.12. The van der Waals surface area contributed by atoms with E-state index in [4.69, 9.17) is 23.2 Å². The molecule has 0 N–H and O–H groups in total. The van der Waals surface area contributed by atoms with E-state index in [1.165, 1.54) is 56.1 Å². The smallest absolute Gasteiger partial charge is 1.00 e. The maximum atomic E-state index is 5.86. The van der Waals surface area contributed by atoms with Crippen LogP contribution in [0.4, 0.5) is 0 Å². The summed E-state index contributed by atoms with van der Waals surface area (Å²) in [6.07, 6.45) is 38.3. The van der Waals surface area contributed by atoms with E-state index in [0.717, 1.165) is 10.0 Å². The molecule has 0 heterocycles. The minimum absolute atomic E-state index is 0. The second kappa shape index (κ2) is 17.2. The van der Waals surface area contributed by atoms with Crippen molar-refractivity contribution in [3.63, 3.8) is 0 Å². The fraction of sp³-hybridized carbons (Fsp3) is 0.434. The Morgan fingerprint density at radius 3 is 1.59 bits per heavy atom. The summed E-state index contributed by atoms with van der Waals surface area (Å²) in [6.45, 7) is 29.2. The summed E-state index contributed by atoms with van der Waals surface area (Å²) in [5.74, 6) is 1.03. The Kier molecular flexibility index (Phi) is 14.5. The monoisotopic (exact) mass is 928 g/mol. The number of rotatable bonds is 3. The van der Waals surface area contributed by atoms with Gasteiger partial charge in [0.25, 0.3) is 0 Å². The standard InChI is InChI=1S/C29H37.C13H8Cl2.C11H17.2ClH.Zr/c1-21-14-13-15-22-20-27(6)25(4)18-10-9-16-23(25,2)24(3)17-11-12-19-26(24,5)29(27,8)28(21,22)7;14-12-5-1-10(2-6-12)9-11-3-7-13(15)8-4-11;1-5-9-6-7-10(8-9)11(2,3)4;;;/h9-20,22H,1-8H3;1-8H;7-9H,5H2,1-4H3;2*1H;/q-1;;-1;;;+2/p-2. The van der Waals surface area contributed by atoms with E-state index in [1.807, 2.05) is 48.5 Å². The minimum Gasteiger partial charge on any atom is -1.00 e. The molecule has 0 nitrogen and oxygen atoms in total. The molecule has 0 aromatic heterocycles. The van der Waals surface area contributed by atoms with Gasteiger partial charge < -0.3 is 31.2 Å². The Labute approximate surface area is 389 Å². The summed E-state index contributed by atoms with van der Waals surface area (Å²) in [6, 6.07) is 15.8. The van der Waals surface area contributed by atoms with Crippen molar-refractivity contribution in [3.05, 3.63) is 172 Å². The van der Waals surface area contributed by atoms with Gasteiger partial charge in [-0.05, 0) is 28.6 Å². The number of hydrogen-bond donors (Lipinski definition) is 0. The van der Waals surface area contributed by atoms with Gasteiger partial charge in [0, 0.05) is 10.8 Å². The van der Waals surface area contributed by atoms with Crippen molar-refractivity contribution < 1.29 is 49.0 Å². The maximum absolute atomic E-state index is 5.86. The maximum Gasteiger partial charge on any atom is -1.00 e. The van der Waals surface area contributed by atoms with Crippen molar-refractivity contribution in [3.8, 4) is 0 Å². The molecular weight excluding hydrogens is 870 g/mol. The topological polar surface area (TPSA) is 0 Å². The largest absolute Gasteiger partial charge is 1.00 e. The van der Waals surface area contributed by atoms with Crippen LogP contribution in [0.5, 0.6) is 0 Å². The average Bonchev–Trinajstić information content (AvgIpc) is 3.73. The molecule has 0 saturated heterocycles. The van der Waals surface area contributed by atoms with Gasteiger partial charge in [-0.25, -0.2) is 6.08 Å². The van der Waals surface area contributed by atoms with Crippen molar-refractivity contribution in [2.75, 3.05) is 0 Å². The molecule has 0 aliphatic heterocycles. The molecule has 6 aliphatic rings. The van der Waals surface area contributed by atoms with E-state index in [0.29, 0.717) is 17.3 Å². The molecule has 58 heavy (non-hydrogen) atoms. The Bertz CT molecular complexity index is 2060. The zero-order valence-corrected chi connectivity index (χ0v) is 42.1. The predicted molar refractivity (Wildman–Crippen MR) is 239 cm³/mol. The number of halogens is 4. The van der Waals surface area contributed by atoms with E-state index < -0.39 is 0 Å². The van der Waals surface area contributed by atoms with Crippen LogP contribution in [0.25, 0.3) is 0 Å². The Morgan fingerprint density at radius 2 is 1.16 bits per heavy atom. The molecule has 6 aliphatic carbocycles. The number of benzene rings is 2. The molecule has 2 aromatic carbocycles. The van der Waals surface area contributed by atoms with Crippen molar-refractivity contribution in [1.29, 1.82) is 0 Å². The second-order valence-corrected chi connectivity index (χ2v) is 21.4. The van der Waals surface area contributed by atoms with Crippen LogP contribution in [0, 0.1) is 67.7 Å². The first-order valence-electron chi connectivity index (χ1n) is 20.5. The first-order valence-corrected chi connectivity index (χ1v) is 22.5. The van der Waals surface area contributed by atoms with Crippen LogP contribution in [-0.4, -0.2) is 3.21 Å². The zero-order valence-electron chi connectivity index (χ0n) is 36.6. The molecule has 2 fully saturated rings. The van der Waals surface area contributed by atoms with Crippen molar-refractivity contribution >= 4 is 26.4 Å². The molecule has 2 saturated carbocycles. The third kappa shape index (κ3) is 7.10. The SMILES string of the molecule is CC1=CC=CC2[CH-]C3(C)C4(C)C=CC=CC4(C)C4(C)C=CC=CC4(C)C3(C)C12C.CCC1[C-]=CC(C(C)(C)C)=C1.Clc1ccc([C](=[Zr+2])c2ccc(Cl)cc2)cc1.[Cl-].[Cl-]. The molecule has 9 atom stereocenters. The Morgan fingerprint density at radius 1 is 0.707 bits per heavy atom. The summed E-state index contributed by atoms with van der Waals surface area (Å²) in [4.78, 5) is 0. The van der Waals surface area contributed by atoms with Crippen molar-refractivity contribution in [2.45, 2.75) is 89.5 Å². The third-order valence-electron chi connectivity index (χ3n) is 16.4. The average molecular weight is 932 g/mol. The molecule has 8 rings (SSSR count). The van der Waals surface area contributed by atoms with Gasteiger partial charge >= 0.3 is 120 Å². The summed E-state index contributed by atoms with van der Waals surface area (Å²) in [5, 5.41) is 1.53. The van der Waals surface area contributed by atoms with Crippen LogP contribution in [0.1, 0.15) is 101 Å². The third-order valence-corrected chi connectivity index (χ3v) is 18.4. The number of hydrogen-bond acceptors (Lipinski definition) is 0. The fourth-order valence-electron chi connectivity index (χ4n) is 11.9. The molecular formula is C53H62Cl4Zr-2. The van der Waals surface area contributed by atoms with Gasteiger partial charge in [-0.3, -0.25) is 6.08 Å². The zero-order chi connectivity index (χ0) is 41.2. The number of allylic oxidation sites excluding steroid dienone is 16. The summed E-state index contributed by atoms with van der Waals surface area (Å²) < 4.78 is 1.31. The van der Waals surface area contributed by atoms with Gasteiger partial charge in [0.1, 0.15) is 0 Å². The molecule has 0 bridgehead atoms. The quantitative estimate of drug-likeness (QED) is 0.270. The summed E-state index contributed by atoms with van der Waals surface area (Å²) in [7, 11) is 0. The van der Waals surface area contributed by atoms with Crippen LogP contribution >= 0.6 is 23.2 Å². The van der Waals surface area contributed by atoms with E-state index in [-0.39, 0.29) is 62.7 Å². The van der Waals surface area contributed by atoms with E-state index >= 15 is 0 Å². The van der Waals surface area contributed by atoms with E-state index in [9.17, 15) is 0 Å². The minimum atomic E-state index is 0. The molecule has 308 valence electrons. The molecule has 0 spiro atoms. The summed E-state index contributed by atoms with van der Waals surface area (Å²) in [5.41, 5.74) is 5.90. The van der Waals surface area contributed by atoms with Crippen LogP contribution in [-0.2, 0) is 24.2 Å².